The van der Waals surface area contributed by atoms with Crippen molar-refractivity contribution < 1.29 is 23.9 Å². The summed E-state index contributed by atoms with van der Waals surface area (Å²) in [6.45, 7) is 1.81. The quantitative estimate of drug-likeness (QED) is 0.728. The van der Waals surface area contributed by atoms with E-state index in [1.165, 1.54) is 7.11 Å². The maximum Gasteiger partial charge on any atom is 0.311 e. The van der Waals surface area contributed by atoms with Crippen LogP contribution < -0.4 is 10.1 Å². The molecule has 3 rings (SSSR count). The molecular weight excluding hydrogens is 372 g/mol. The second-order valence-electron chi connectivity index (χ2n) is 6.92. The van der Waals surface area contributed by atoms with E-state index in [1.807, 2.05) is 37.3 Å². The van der Waals surface area contributed by atoms with Crippen molar-refractivity contribution in [2.75, 3.05) is 25.6 Å². The van der Waals surface area contributed by atoms with Gasteiger partial charge in [-0.1, -0.05) is 36.4 Å². The fraction of sp³-hybridized carbons (Fsp3) is 0.318. The van der Waals surface area contributed by atoms with Crippen molar-refractivity contribution in [2.45, 2.75) is 19.4 Å². The highest BCUT2D eigenvalue weighted by molar-refractivity contribution is 5.93. The fourth-order valence-corrected chi connectivity index (χ4v) is 3.33. The first-order valence-electron chi connectivity index (χ1n) is 9.43. The lowest BCUT2D eigenvalue weighted by atomic mass is 10.1. The minimum Gasteiger partial charge on any atom is -0.497 e. The average molecular weight is 396 g/mol. The first kappa shape index (κ1) is 20.4. The van der Waals surface area contributed by atoms with Gasteiger partial charge in [0.1, 0.15) is 5.75 Å². The molecule has 0 radical (unpaired) electrons. The summed E-state index contributed by atoms with van der Waals surface area (Å²) in [6.07, 6.45) is 0.0908. The number of benzene rings is 2. The molecule has 152 valence electrons. The molecule has 29 heavy (non-hydrogen) atoms. The number of hydrogen-bond acceptors (Lipinski definition) is 5. The van der Waals surface area contributed by atoms with Gasteiger partial charge < -0.3 is 19.7 Å². The van der Waals surface area contributed by atoms with E-state index in [-0.39, 0.29) is 24.9 Å². The molecule has 1 aliphatic rings. The van der Waals surface area contributed by atoms with E-state index in [2.05, 4.69) is 5.32 Å². The number of nitrogens with zero attached hydrogens (tertiary/aromatic N) is 1. The molecule has 7 heteroatoms. The topological polar surface area (TPSA) is 84.9 Å². The van der Waals surface area contributed by atoms with Crippen LogP contribution in [0.3, 0.4) is 0 Å². The van der Waals surface area contributed by atoms with Gasteiger partial charge in [-0.15, -0.1) is 0 Å². The number of methoxy groups -OCH3 is 1. The van der Waals surface area contributed by atoms with E-state index < -0.39 is 24.4 Å². The molecule has 1 N–H and O–H groups in total. The third-order valence-electron chi connectivity index (χ3n) is 4.94. The Morgan fingerprint density at radius 3 is 2.66 bits per heavy atom. The van der Waals surface area contributed by atoms with E-state index in [4.69, 9.17) is 9.47 Å². The summed E-state index contributed by atoms with van der Waals surface area (Å²) >= 11 is 0. The SMILES string of the molecule is COc1cccc(NC(=O)COC(=O)[C@@H]2CC(=O)N([C@H](C)c3ccccc3)C2)c1. The van der Waals surface area contributed by atoms with Gasteiger partial charge in [0.05, 0.1) is 19.1 Å². The van der Waals surface area contributed by atoms with Crippen LogP contribution in [0.1, 0.15) is 24.9 Å². The second kappa shape index (κ2) is 9.23. The average Bonchev–Trinajstić information content (AvgIpc) is 3.14. The smallest absolute Gasteiger partial charge is 0.311 e. The van der Waals surface area contributed by atoms with Gasteiger partial charge in [-0.25, -0.2) is 0 Å². The van der Waals surface area contributed by atoms with E-state index in [0.29, 0.717) is 11.4 Å². The van der Waals surface area contributed by atoms with E-state index in [0.717, 1.165) is 5.56 Å². The van der Waals surface area contributed by atoms with Gasteiger partial charge in [-0.3, -0.25) is 14.4 Å². The summed E-state index contributed by atoms with van der Waals surface area (Å²) in [5.74, 6) is -1.05. The van der Waals surface area contributed by atoms with Crippen molar-refractivity contribution in [3.05, 3.63) is 60.2 Å². The van der Waals surface area contributed by atoms with Gasteiger partial charge in [-0.05, 0) is 24.6 Å². The van der Waals surface area contributed by atoms with Crippen LogP contribution in [0.15, 0.2) is 54.6 Å². The van der Waals surface area contributed by atoms with Crippen molar-refractivity contribution >= 4 is 23.5 Å². The summed E-state index contributed by atoms with van der Waals surface area (Å²) in [5, 5.41) is 2.65. The molecule has 2 amide bonds. The lowest BCUT2D eigenvalue weighted by Gasteiger charge is -2.25. The van der Waals surface area contributed by atoms with E-state index in [1.54, 1.807) is 29.2 Å². The minimum absolute atomic E-state index is 0.0908. The lowest BCUT2D eigenvalue weighted by Crippen LogP contribution is -2.30. The van der Waals surface area contributed by atoms with Crippen LogP contribution in [0.4, 0.5) is 5.69 Å². The zero-order valence-electron chi connectivity index (χ0n) is 16.5. The Bertz CT molecular complexity index is 884. The summed E-state index contributed by atoms with van der Waals surface area (Å²) in [6, 6.07) is 16.4. The molecule has 1 saturated heterocycles. The zero-order chi connectivity index (χ0) is 20.8. The number of esters is 1. The first-order chi connectivity index (χ1) is 14.0. The molecule has 0 bridgehead atoms. The molecule has 2 aromatic rings. The fourth-order valence-electron chi connectivity index (χ4n) is 3.33. The first-order valence-corrected chi connectivity index (χ1v) is 9.43. The number of amides is 2. The Morgan fingerprint density at radius 1 is 1.17 bits per heavy atom. The summed E-state index contributed by atoms with van der Waals surface area (Å²) in [7, 11) is 1.54. The van der Waals surface area contributed by atoms with Crippen LogP contribution in [-0.2, 0) is 19.1 Å². The van der Waals surface area contributed by atoms with Crippen molar-refractivity contribution in [3.63, 3.8) is 0 Å². The van der Waals surface area contributed by atoms with Gasteiger partial charge >= 0.3 is 5.97 Å². The summed E-state index contributed by atoms with van der Waals surface area (Å²) in [5.41, 5.74) is 1.55. The predicted molar refractivity (Wildman–Crippen MR) is 107 cm³/mol. The highest BCUT2D eigenvalue weighted by atomic mass is 16.5. The summed E-state index contributed by atoms with van der Waals surface area (Å²) in [4.78, 5) is 38.4. The number of carbonyl (C=O) groups excluding carboxylic acids is 3. The standard InChI is InChI=1S/C22H24N2O5/c1-15(16-7-4-3-5-8-16)24-13-17(11-21(24)26)22(27)29-14-20(25)23-18-9-6-10-19(12-18)28-2/h3-10,12,15,17H,11,13-14H2,1-2H3,(H,23,25)/t15-,17-/m1/s1. The Balaban J connectivity index is 1.50. The van der Waals surface area contributed by atoms with Crippen molar-refractivity contribution in [2.24, 2.45) is 5.92 Å². The van der Waals surface area contributed by atoms with Gasteiger partial charge in [0, 0.05) is 24.7 Å². The van der Waals surface area contributed by atoms with Gasteiger partial charge in [0.25, 0.3) is 5.91 Å². The molecule has 0 aliphatic carbocycles. The maximum absolute atomic E-state index is 12.4. The molecule has 7 nitrogen and oxygen atoms in total. The molecule has 1 fully saturated rings. The highest BCUT2D eigenvalue weighted by Crippen LogP contribution is 2.29. The van der Waals surface area contributed by atoms with Gasteiger partial charge in [0.2, 0.25) is 5.91 Å². The number of ether oxygens (including phenoxy) is 2. The Labute approximate surface area is 169 Å². The third-order valence-corrected chi connectivity index (χ3v) is 4.94. The lowest BCUT2D eigenvalue weighted by molar-refractivity contribution is -0.151. The number of likely N-dealkylation sites (tertiary alicyclic amines) is 1. The number of rotatable bonds is 7. The number of nitrogens with one attached hydrogen (secondary N) is 1. The normalized spacial score (nSPS) is 17.0. The van der Waals surface area contributed by atoms with Crippen LogP contribution in [0.2, 0.25) is 0 Å². The maximum atomic E-state index is 12.4. The van der Waals surface area contributed by atoms with E-state index in [9.17, 15) is 14.4 Å². The number of carbonyl (C=O) groups is 3. The van der Waals surface area contributed by atoms with Crippen molar-refractivity contribution in [1.29, 1.82) is 0 Å². The molecule has 0 spiro atoms. The van der Waals surface area contributed by atoms with Crippen LogP contribution in [0.25, 0.3) is 0 Å². The third kappa shape index (κ3) is 5.13. The molecule has 1 aliphatic heterocycles. The monoisotopic (exact) mass is 396 g/mol. The largest absolute Gasteiger partial charge is 0.497 e. The Morgan fingerprint density at radius 2 is 1.93 bits per heavy atom. The molecular formula is C22H24N2O5. The molecule has 1 heterocycles. The summed E-state index contributed by atoms with van der Waals surface area (Å²) < 4.78 is 10.2. The van der Waals surface area contributed by atoms with E-state index >= 15 is 0 Å². The zero-order valence-corrected chi connectivity index (χ0v) is 16.5. The molecule has 0 saturated carbocycles. The Hall–Kier alpha value is -3.35. The molecule has 2 aromatic carbocycles. The van der Waals surface area contributed by atoms with Crippen LogP contribution in [0, 0.1) is 5.92 Å². The second-order valence-corrected chi connectivity index (χ2v) is 6.92. The highest BCUT2D eigenvalue weighted by Gasteiger charge is 2.38. The predicted octanol–water partition coefficient (Wildman–Crippen LogP) is 2.79. The van der Waals surface area contributed by atoms with Crippen LogP contribution in [0.5, 0.6) is 5.75 Å². The number of anilines is 1. The van der Waals surface area contributed by atoms with Crippen LogP contribution in [-0.4, -0.2) is 42.9 Å². The molecule has 0 aromatic heterocycles. The minimum atomic E-state index is -0.571. The number of hydrogen-bond donors (Lipinski definition) is 1. The molecule has 2 atom stereocenters. The van der Waals surface area contributed by atoms with Crippen molar-refractivity contribution in [3.8, 4) is 5.75 Å². The van der Waals surface area contributed by atoms with Gasteiger partial charge in [-0.2, -0.15) is 0 Å². The van der Waals surface area contributed by atoms with Crippen LogP contribution >= 0.6 is 0 Å². The van der Waals surface area contributed by atoms with Gasteiger partial charge in [0.15, 0.2) is 6.61 Å². The Kier molecular flexibility index (Phi) is 6.49. The molecule has 0 unspecified atom stereocenters. The van der Waals surface area contributed by atoms with Crippen molar-refractivity contribution in [1.82, 2.24) is 4.90 Å².